The molecule has 1 atom stereocenters. The number of nitrogens with two attached hydrogens (primary N) is 1. The van der Waals surface area contributed by atoms with E-state index in [1.165, 1.54) is 6.07 Å². The van der Waals surface area contributed by atoms with Crippen LogP contribution in [0.4, 0.5) is 4.79 Å². The summed E-state index contributed by atoms with van der Waals surface area (Å²) in [6.07, 6.45) is 0. The fourth-order valence-corrected chi connectivity index (χ4v) is 2.92. The van der Waals surface area contributed by atoms with Crippen molar-refractivity contribution in [3.8, 4) is 0 Å². The van der Waals surface area contributed by atoms with Crippen LogP contribution in [0.2, 0.25) is 5.02 Å². The van der Waals surface area contributed by atoms with Gasteiger partial charge in [-0.15, -0.1) is 0 Å². The summed E-state index contributed by atoms with van der Waals surface area (Å²) in [7, 11) is 0. The quantitative estimate of drug-likeness (QED) is 0.823. The first-order chi connectivity index (χ1) is 11.8. The normalized spacial score (nSPS) is 19.8. The topological polar surface area (TPSA) is 92.5 Å². The molecule has 1 saturated heterocycles. The molecule has 2 aromatic carbocycles. The van der Waals surface area contributed by atoms with Gasteiger partial charge in [-0.05, 0) is 42.3 Å². The first-order valence-electron chi connectivity index (χ1n) is 7.60. The Hall–Kier alpha value is -2.86. The zero-order valence-corrected chi connectivity index (χ0v) is 14.2. The Labute approximate surface area is 149 Å². The van der Waals surface area contributed by atoms with Gasteiger partial charge in [0, 0.05) is 10.6 Å². The zero-order chi connectivity index (χ0) is 18.2. The van der Waals surface area contributed by atoms with Crippen LogP contribution in [-0.2, 0) is 16.9 Å². The molecule has 1 heterocycles. The van der Waals surface area contributed by atoms with Crippen molar-refractivity contribution in [2.45, 2.75) is 19.0 Å². The molecule has 1 aliphatic heterocycles. The second-order valence-corrected chi connectivity index (χ2v) is 6.45. The van der Waals surface area contributed by atoms with Gasteiger partial charge in [0.15, 0.2) is 0 Å². The van der Waals surface area contributed by atoms with Gasteiger partial charge in [-0.1, -0.05) is 35.9 Å². The Bertz CT molecular complexity index is 866. The van der Waals surface area contributed by atoms with Gasteiger partial charge < -0.3 is 11.1 Å². The van der Waals surface area contributed by atoms with Crippen LogP contribution >= 0.6 is 11.6 Å². The van der Waals surface area contributed by atoms with Crippen molar-refractivity contribution in [1.82, 2.24) is 10.2 Å². The summed E-state index contributed by atoms with van der Waals surface area (Å²) in [5.41, 5.74) is 5.60. The average Bonchev–Trinajstić information content (AvgIpc) is 2.81. The molecule has 25 heavy (non-hydrogen) atoms. The van der Waals surface area contributed by atoms with Gasteiger partial charge in [0.05, 0.1) is 6.54 Å². The second kappa shape index (κ2) is 6.22. The van der Waals surface area contributed by atoms with Crippen molar-refractivity contribution in [3.05, 3.63) is 70.2 Å². The van der Waals surface area contributed by atoms with Crippen molar-refractivity contribution in [1.29, 1.82) is 0 Å². The number of halogens is 1. The molecular formula is C18H16ClN3O3. The summed E-state index contributed by atoms with van der Waals surface area (Å²) < 4.78 is 0. The number of amides is 4. The molecule has 0 saturated carbocycles. The first-order valence-corrected chi connectivity index (χ1v) is 7.98. The summed E-state index contributed by atoms with van der Waals surface area (Å²) in [6.45, 7) is 1.74. The molecule has 1 unspecified atom stereocenters. The molecule has 4 amide bonds. The molecule has 0 radical (unpaired) electrons. The van der Waals surface area contributed by atoms with Gasteiger partial charge in [0.2, 0.25) is 5.91 Å². The number of nitrogens with one attached hydrogen (secondary N) is 1. The van der Waals surface area contributed by atoms with Crippen LogP contribution in [0.25, 0.3) is 0 Å². The van der Waals surface area contributed by atoms with Crippen LogP contribution in [0, 0.1) is 0 Å². The highest BCUT2D eigenvalue weighted by Gasteiger charge is 2.49. The van der Waals surface area contributed by atoms with E-state index in [0.29, 0.717) is 10.6 Å². The highest BCUT2D eigenvalue weighted by atomic mass is 35.5. The number of urea groups is 1. The van der Waals surface area contributed by atoms with Crippen LogP contribution in [0.1, 0.15) is 28.4 Å². The molecule has 0 aromatic heterocycles. The number of nitrogens with zero attached hydrogens (tertiary/aromatic N) is 1. The van der Waals surface area contributed by atoms with E-state index < -0.39 is 23.4 Å². The summed E-state index contributed by atoms with van der Waals surface area (Å²) >= 11 is 5.85. The number of carbonyl (C=O) groups is 3. The van der Waals surface area contributed by atoms with Crippen molar-refractivity contribution < 1.29 is 14.4 Å². The third-order valence-corrected chi connectivity index (χ3v) is 4.51. The molecule has 3 rings (SSSR count). The van der Waals surface area contributed by atoms with Gasteiger partial charge in [0.25, 0.3) is 5.91 Å². The number of rotatable bonds is 4. The number of benzene rings is 2. The van der Waals surface area contributed by atoms with Gasteiger partial charge >= 0.3 is 6.03 Å². The van der Waals surface area contributed by atoms with Gasteiger partial charge in [0.1, 0.15) is 5.54 Å². The molecule has 128 valence electrons. The summed E-state index contributed by atoms with van der Waals surface area (Å²) in [6, 6.07) is 12.8. The number of imide groups is 1. The van der Waals surface area contributed by atoms with E-state index in [0.717, 1.165) is 10.5 Å². The molecule has 1 fully saturated rings. The third kappa shape index (κ3) is 3.08. The van der Waals surface area contributed by atoms with Crippen molar-refractivity contribution in [2.75, 3.05) is 0 Å². The summed E-state index contributed by atoms with van der Waals surface area (Å²) in [5, 5.41) is 3.28. The van der Waals surface area contributed by atoms with E-state index in [1.807, 2.05) is 0 Å². The molecular weight excluding hydrogens is 342 g/mol. The predicted octanol–water partition coefficient (Wildman–Crippen LogP) is 2.41. The number of hydrogen-bond donors (Lipinski definition) is 2. The number of carbonyl (C=O) groups excluding carboxylic acids is 3. The first kappa shape index (κ1) is 17.0. The molecule has 7 heteroatoms. The van der Waals surface area contributed by atoms with Gasteiger partial charge in [-0.2, -0.15) is 0 Å². The highest BCUT2D eigenvalue weighted by Crippen LogP contribution is 2.30. The maximum Gasteiger partial charge on any atom is 0.325 e. The minimum atomic E-state index is -1.25. The molecule has 1 aliphatic rings. The van der Waals surface area contributed by atoms with Crippen LogP contribution in [-0.4, -0.2) is 22.7 Å². The standard InChI is InChI=1S/C18H16ClN3O3/c1-18(13-4-2-3-12(9-13)15(20)23)16(24)22(17(25)21-18)10-11-5-7-14(19)8-6-11/h2-9H,10H2,1H3,(H2,20,23)(H,21,25). The Morgan fingerprint density at radius 1 is 1.20 bits per heavy atom. The van der Waals surface area contributed by atoms with Crippen molar-refractivity contribution >= 4 is 29.4 Å². The Morgan fingerprint density at radius 2 is 1.88 bits per heavy atom. The fourth-order valence-electron chi connectivity index (χ4n) is 2.79. The summed E-state index contributed by atoms with van der Waals surface area (Å²) in [5.74, 6) is -0.991. The van der Waals surface area contributed by atoms with Crippen LogP contribution in [0.3, 0.4) is 0 Å². The Morgan fingerprint density at radius 3 is 2.52 bits per heavy atom. The molecule has 0 spiro atoms. The monoisotopic (exact) mass is 357 g/mol. The fraction of sp³-hybridized carbons (Fsp3) is 0.167. The minimum Gasteiger partial charge on any atom is -0.366 e. The molecule has 0 bridgehead atoms. The summed E-state index contributed by atoms with van der Waals surface area (Å²) in [4.78, 5) is 37.8. The van der Waals surface area contributed by atoms with Gasteiger partial charge in [-0.3, -0.25) is 14.5 Å². The minimum absolute atomic E-state index is 0.132. The lowest BCUT2D eigenvalue weighted by Gasteiger charge is -2.22. The van der Waals surface area contributed by atoms with E-state index in [9.17, 15) is 14.4 Å². The largest absolute Gasteiger partial charge is 0.366 e. The Kier molecular flexibility index (Phi) is 4.22. The van der Waals surface area contributed by atoms with E-state index in [2.05, 4.69) is 5.32 Å². The van der Waals surface area contributed by atoms with Crippen LogP contribution in [0.5, 0.6) is 0 Å². The molecule has 3 N–H and O–H groups in total. The Balaban J connectivity index is 1.90. The van der Waals surface area contributed by atoms with E-state index >= 15 is 0 Å². The smallest absolute Gasteiger partial charge is 0.325 e. The van der Waals surface area contributed by atoms with E-state index in [4.69, 9.17) is 17.3 Å². The van der Waals surface area contributed by atoms with Crippen molar-refractivity contribution in [3.63, 3.8) is 0 Å². The lowest BCUT2D eigenvalue weighted by atomic mass is 9.90. The molecule has 6 nitrogen and oxygen atoms in total. The maximum atomic E-state index is 12.9. The third-order valence-electron chi connectivity index (χ3n) is 4.25. The van der Waals surface area contributed by atoms with Crippen LogP contribution < -0.4 is 11.1 Å². The predicted molar refractivity (Wildman–Crippen MR) is 92.8 cm³/mol. The zero-order valence-electron chi connectivity index (χ0n) is 13.5. The molecule has 0 aliphatic carbocycles. The van der Waals surface area contributed by atoms with Crippen molar-refractivity contribution in [2.24, 2.45) is 5.73 Å². The lowest BCUT2D eigenvalue weighted by Crippen LogP contribution is -2.41. The van der Waals surface area contributed by atoms with Gasteiger partial charge in [-0.25, -0.2) is 4.79 Å². The van der Waals surface area contributed by atoms with E-state index in [1.54, 1.807) is 49.4 Å². The maximum absolute atomic E-state index is 12.9. The highest BCUT2D eigenvalue weighted by molar-refractivity contribution is 6.30. The van der Waals surface area contributed by atoms with Crippen LogP contribution in [0.15, 0.2) is 48.5 Å². The van der Waals surface area contributed by atoms with E-state index in [-0.39, 0.29) is 12.1 Å². The number of primary amides is 1. The lowest BCUT2D eigenvalue weighted by molar-refractivity contribution is -0.131. The SMILES string of the molecule is CC1(c2cccc(C(N)=O)c2)NC(=O)N(Cc2ccc(Cl)cc2)C1=O. The number of hydrogen-bond acceptors (Lipinski definition) is 3. The second-order valence-electron chi connectivity index (χ2n) is 6.02. The average molecular weight is 358 g/mol. The molecule has 2 aromatic rings.